The third kappa shape index (κ3) is 2.37. The van der Waals surface area contributed by atoms with Crippen LogP contribution in [0, 0.1) is 23.0 Å². The van der Waals surface area contributed by atoms with Gasteiger partial charge in [-0.1, -0.05) is 42.5 Å². The van der Waals surface area contributed by atoms with E-state index in [0.29, 0.717) is 10.6 Å². The number of hydrogen-bond acceptors (Lipinski definition) is 2. The fraction of sp³-hybridized carbons (Fsp3) is 0.300. The quantitative estimate of drug-likeness (QED) is 0.377. The number of pyridine rings is 1. The summed E-state index contributed by atoms with van der Waals surface area (Å²) in [5, 5.41) is 12.0. The molecule has 1 fully saturated rings. The van der Waals surface area contributed by atoms with Gasteiger partial charge < -0.3 is 5.21 Å². The molecule has 1 aromatic heterocycles. The second-order valence-electron chi connectivity index (χ2n) is 6.53. The molecule has 23 heavy (non-hydrogen) atoms. The number of Topliss-reactive ketones (excluding diaryl/α,β-unsaturated/α-hetero) is 1. The Morgan fingerprint density at radius 2 is 1.65 bits per heavy atom. The van der Waals surface area contributed by atoms with Gasteiger partial charge in [0.05, 0.1) is 0 Å². The highest BCUT2D eigenvalue weighted by atomic mass is 16.5. The molecule has 0 aliphatic heterocycles. The van der Waals surface area contributed by atoms with Crippen molar-refractivity contribution in [1.82, 2.24) is 0 Å². The van der Waals surface area contributed by atoms with Crippen molar-refractivity contribution >= 4 is 5.78 Å². The van der Waals surface area contributed by atoms with Crippen molar-refractivity contribution in [2.24, 2.45) is 17.8 Å². The Labute approximate surface area is 135 Å². The minimum Gasteiger partial charge on any atom is -0.618 e. The summed E-state index contributed by atoms with van der Waals surface area (Å²) >= 11 is 0. The standard InChI is InChI=1S/C20H19NO2/c22-20(17-8-4-5-13-21(17)23)19-16-11-9-15(10-12-16)18(19)14-6-2-1-3-7-14/h1-9,11,13,15-16,18-19H,10,12H2/t15-,16+,18+,19+/m1/s1. The zero-order valence-corrected chi connectivity index (χ0v) is 12.8. The van der Waals surface area contributed by atoms with Crippen LogP contribution in [-0.4, -0.2) is 5.78 Å². The highest BCUT2D eigenvalue weighted by Gasteiger charge is 2.46. The van der Waals surface area contributed by atoms with Gasteiger partial charge in [0, 0.05) is 24.0 Å². The lowest BCUT2D eigenvalue weighted by molar-refractivity contribution is -0.607. The first-order valence-electron chi connectivity index (χ1n) is 8.21. The minimum absolute atomic E-state index is 0.0199. The second-order valence-corrected chi connectivity index (χ2v) is 6.53. The average Bonchev–Trinajstić information content (AvgIpc) is 2.62. The Hall–Kier alpha value is -2.42. The highest BCUT2D eigenvalue weighted by molar-refractivity contribution is 5.96. The number of allylic oxidation sites excluding steroid dienone is 2. The summed E-state index contributed by atoms with van der Waals surface area (Å²) in [6.45, 7) is 0. The van der Waals surface area contributed by atoms with Gasteiger partial charge in [-0.05, 0) is 36.3 Å². The molecule has 0 radical (unpaired) electrons. The van der Waals surface area contributed by atoms with E-state index >= 15 is 0 Å². The number of rotatable bonds is 3. The van der Waals surface area contributed by atoms with Crippen LogP contribution in [-0.2, 0) is 0 Å². The molecule has 1 aromatic carbocycles. The van der Waals surface area contributed by atoms with Crippen molar-refractivity contribution < 1.29 is 9.52 Å². The van der Waals surface area contributed by atoms with Crippen LogP contribution >= 0.6 is 0 Å². The fourth-order valence-electron chi connectivity index (χ4n) is 4.27. The van der Waals surface area contributed by atoms with Crippen molar-refractivity contribution in [3.05, 3.63) is 83.3 Å². The van der Waals surface area contributed by atoms with Gasteiger partial charge in [0.1, 0.15) is 0 Å². The summed E-state index contributed by atoms with van der Waals surface area (Å²) in [6, 6.07) is 15.3. The van der Waals surface area contributed by atoms with E-state index in [2.05, 4.69) is 24.3 Å². The maximum Gasteiger partial charge on any atom is 0.260 e. The van der Waals surface area contributed by atoms with E-state index in [9.17, 15) is 10.0 Å². The van der Waals surface area contributed by atoms with Gasteiger partial charge >= 0.3 is 0 Å². The molecule has 3 aliphatic carbocycles. The molecule has 116 valence electrons. The van der Waals surface area contributed by atoms with E-state index in [1.807, 2.05) is 18.2 Å². The smallest absolute Gasteiger partial charge is 0.260 e. The number of carbonyl (C=O) groups is 1. The van der Waals surface area contributed by atoms with Crippen LogP contribution in [0.1, 0.15) is 34.8 Å². The van der Waals surface area contributed by atoms with Gasteiger partial charge in [-0.15, -0.1) is 0 Å². The number of nitrogens with zero attached hydrogens (tertiary/aromatic N) is 1. The first-order chi connectivity index (χ1) is 11.3. The van der Waals surface area contributed by atoms with Gasteiger partial charge in [0.15, 0.2) is 6.20 Å². The van der Waals surface area contributed by atoms with Crippen LogP contribution in [0.2, 0.25) is 0 Å². The lowest BCUT2D eigenvalue weighted by Crippen LogP contribution is -2.44. The summed E-state index contributed by atoms with van der Waals surface area (Å²) in [4.78, 5) is 13.1. The molecule has 3 aliphatic rings. The molecule has 3 heteroatoms. The van der Waals surface area contributed by atoms with Crippen molar-refractivity contribution in [2.75, 3.05) is 0 Å². The summed E-state index contributed by atoms with van der Waals surface area (Å²) in [5.74, 6) is 0.642. The fourth-order valence-corrected chi connectivity index (χ4v) is 4.27. The molecule has 0 N–H and O–H groups in total. The van der Waals surface area contributed by atoms with E-state index in [1.54, 1.807) is 18.2 Å². The molecular weight excluding hydrogens is 286 g/mol. The average molecular weight is 305 g/mol. The van der Waals surface area contributed by atoms with Crippen LogP contribution in [0.4, 0.5) is 0 Å². The third-order valence-electron chi connectivity index (χ3n) is 5.31. The normalized spacial score (nSPS) is 28.7. The zero-order valence-electron chi connectivity index (χ0n) is 12.8. The predicted octanol–water partition coefficient (Wildman–Crippen LogP) is 3.50. The van der Waals surface area contributed by atoms with E-state index in [4.69, 9.17) is 0 Å². The van der Waals surface area contributed by atoms with E-state index in [0.717, 1.165) is 12.8 Å². The molecule has 5 rings (SSSR count). The number of benzene rings is 1. The van der Waals surface area contributed by atoms with Crippen LogP contribution in [0.5, 0.6) is 0 Å². The van der Waals surface area contributed by atoms with Gasteiger partial charge in [-0.25, -0.2) is 0 Å². The molecule has 3 nitrogen and oxygen atoms in total. The molecule has 0 amide bonds. The van der Waals surface area contributed by atoms with Crippen LogP contribution in [0.15, 0.2) is 66.9 Å². The first-order valence-corrected chi connectivity index (χ1v) is 8.21. The Morgan fingerprint density at radius 3 is 2.35 bits per heavy atom. The number of ketones is 1. The number of aromatic nitrogens is 1. The number of hydrogen-bond donors (Lipinski definition) is 0. The SMILES string of the molecule is O=C(c1cccc[n+]1[O-])[C@@H]1[C@@H](c2ccccc2)[C@@H]2C=C[C@H]1CC2. The number of carbonyl (C=O) groups excluding carboxylic acids is 1. The molecular formula is C20H19NO2. The van der Waals surface area contributed by atoms with Gasteiger partial charge in [-0.3, -0.25) is 4.79 Å². The van der Waals surface area contributed by atoms with E-state index < -0.39 is 0 Å². The van der Waals surface area contributed by atoms with E-state index in [-0.39, 0.29) is 29.2 Å². The van der Waals surface area contributed by atoms with Crippen molar-refractivity contribution in [3.8, 4) is 0 Å². The molecule has 2 bridgehead atoms. The van der Waals surface area contributed by atoms with Crippen molar-refractivity contribution in [2.45, 2.75) is 18.8 Å². The molecule has 0 saturated heterocycles. The lowest BCUT2D eigenvalue weighted by Gasteiger charge is -2.44. The Bertz CT molecular complexity index is 753. The lowest BCUT2D eigenvalue weighted by atomic mass is 9.59. The van der Waals surface area contributed by atoms with Crippen molar-refractivity contribution in [3.63, 3.8) is 0 Å². The summed E-state index contributed by atoms with van der Waals surface area (Å²) < 4.78 is 0.705. The highest BCUT2D eigenvalue weighted by Crippen LogP contribution is 2.50. The van der Waals surface area contributed by atoms with Gasteiger partial charge in [-0.2, -0.15) is 4.73 Å². The molecule has 1 saturated carbocycles. The summed E-state index contributed by atoms with van der Waals surface area (Å²) in [6.07, 6.45) is 8.02. The summed E-state index contributed by atoms with van der Waals surface area (Å²) in [7, 11) is 0. The monoisotopic (exact) mass is 305 g/mol. The first kappa shape index (κ1) is 14.2. The van der Waals surface area contributed by atoms with E-state index in [1.165, 1.54) is 11.8 Å². The van der Waals surface area contributed by atoms with Crippen LogP contribution in [0.25, 0.3) is 0 Å². The van der Waals surface area contributed by atoms with Crippen LogP contribution in [0.3, 0.4) is 0 Å². The Morgan fingerprint density at radius 1 is 0.957 bits per heavy atom. The molecule has 0 unspecified atom stereocenters. The second kappa shape index (κ2) is 5.65. The summed E-state index contributed by atoms with van der Waals surface area (Å²) in [5.41, 5.74) is 1.47. The van der Waals surface area contributed by atoms with Gasteiger partial charge in [0.25, 0.3) is 5.69 Å². The molecule has 2 aromatic rings. The largest absolute Gasteiger partial charge is 0.618 e. The topological polar surface area (TPSA) is 44.0 Å². The molecule has 0 spiro atoms. The minimum atomic E-state index is -0.135. The molecule has 1 heterocycles. The maximum absolute atomic E-state index is 13.1. The van der Waals surface area contributed by atoms with Crippen molar-refractivity contribution in [1.29, 1.82) is 0 Å². The third-order valence-corrected chi connectivity index (χ3v) is 5.31. The molecule has 4 atom stereocenters. The maximum atomic E-state index is 13.1. The zero-order chi connectivity index (χ0) is 15.8. The van der Waals surface area contributed by atoms with Crippen LogP contribution < -0.4 is 4.73 Å². The van der Waals surface area contributed by atoms with Gasteiger partial charge in [0.2, 0.25) is 5.78 Å². The predicted molar refractivity (Wildman–Crippen MR) is 87.8 cm³/mol. The Balaban J connectivity index is 1.77. The number of fused-ring (bicyclic) bond motifs is 2. The Kier molecular flexibility index (Phi) is 3.49.